The third-order valence-corrected chi connectivity index (χ3v) is 9.96. The Bertz CT molecular complexity index is 665. The predicted molar refractivity (Wildman–Crippen MR) is 106 cm³/mol. The lowest BCUT2D eigenvalue weighted by atomic mass is 9.44. The lowest BCUT2D eigenvalue weighted by molar-refractivity contribution is -0.180. The first-order chi connectivity index (χ1) is 12.6. The standard InChI is InChI=1S/C22H33BrO4/c1-12-8-16-15-5-4-13-9-14(24)6-7-20(13,2)19(15)17(25)10-21(16,3)22(12,27)18(26)11-23/h12-16,19,24,27H,4-11H2,1-3H3/t12-,13?,14+,15-,16-,19+,20-,21-,22-/m0/s1. The van der Waals surface area contributed by atoms with Crippen molar-refractivity contribution < 1.29 is 19.8 Å². The van der Waals surface area contributed by atoms with Gasteiger partial charge in [0.2, 0.25) is 0 Å². The van der Waals surface area contributed by atoms with Crippen LogP contribution < -0.4 is 0 Å². The minimum Gasteiger partial charge on any atom is -0.393 e. The van der Waals surface area contributed by atoms with Crippen LogP contribution in [0.5, 0.6) is 0 Å². The number of rotatable bonds is 2. The summed E-state index contributed by atoms with van der Waals surface area (Å²) in [6.45, 7) is 6.25. The van der Waals surface area contributed by atoms with E-state index < -0.39 is 11.0 Å². The second-order valence-electron chi connectivity index (χ2n) is 10.5. The summed E-state index contributed by atoms with van der Waals surface area (Å²) in [6.07, 6.45) is 5.45. The van der Waals surface area contributed by atoms with Gasteiger partial charge in [0.25, 0.3) is 0 Å². The largest absolute Gasteiger partial charge is 0.393 e. The molecule has 0 aliphatic heterocycles. The maximum Gasteiger partial charge on any atom is 0.175 e. The zero-order chi connectivity index (χ0) is 19.8. The van der Waals surface area contributed by atoms with Crippen LogP contribution in [0.15, 0.2) is 0 Å². The number of carbonyl (C=O) groups is 2. The molecule has 0 aromatic heterocycles. The first kappa shape index (κ1) is 20.0. The Morgan fingerprint density at radius 1 is 1.22 bits per heavy atom. The Kier molecular flexibility index (Phi) is 4.72. The van der Waals surface area contributed by atoms with Gasteiger partial charge in [-0.1, -0.05) is 36.7 Å². The molecule has 4 saturated carbocycles. The highest BCUT2D eigenvalue weighted by atomic mass is 79.9. The molecule has 0 radical (unpaired) electrons. The average molecular weight is 441 g/mol. The average Bonchev–Trinajstić information content (AvgIpc) is 2.82. The number of aliphatic hydroxyl groups is 2. The van der Waals surface area contributed by atoms with E-state index in [0.29, 0.717) is 12.3 Å². The van der Waals surface area contributed by atoms with Gasteiger partial charge in [0.1, 0.15) is 11.4 Å². The highest BCUT2D eigenvalue weighted by Gasteiger charge is 2.70. The van der Waals surface area contributed by atoms with E-state index >= 15 is 0 Å². The summed E-state index contributed by atoms with van der Waals surface area (Å²) in [7, 11) is 0. The van der Waals surface area contributed by atoms with Crippen molar-refractivity contribution >= 4 is 27.5 Å². The highest BCUT2D eigenvalue weighted by molar-refractivity contribution is 9.09. The van der Waals surface area contributed by atoms with E-state index in [2.05, 4.69) is 22.9 Å². The summed E-state index contributed by atoms with van der Waals surface area (Å²) in [5.41, 5.74) is -2.11. The fourth-order valence-corrected chi connectivity index (χ4v) is 8.51. The van der Waals surface area contributed by atoms with E-state index in [4.69, 9.17) is 0 Å². The quantitative estimate of drug-likeness (QED) is 0.644. The molecule has 0 amide bonds. The minimum absolute atomic E-state index is 0.0236. The Morgan fingerprint density at radius 3 is 2.59 bits per heavy atom. The lowest BCUT2D eigenvalue weighted by Gasteiger charge is -2.60. The molecule has 4 nitrogen and oxygen atoms in total. The molecule has 0 bridgehead atoms. The maximum atomic E-state index is 13.5. The molecule has 4 fully saturated rings. The number of carbonyl (C=O) groups excluding carboxylic acids is 2. The number of halogens is 1. The van der Waals surface area contributed by atoms with Crippen molar-refractivity contribution in [3.05, 3.63) is 0 Å². The summed E-state index contributed by atoms with van der Waals surface area (Å²) >= 11 is 3.25. The number of hydrogen-bond donors (Lipinski definition) is 2. The third-order valence-electron chi connectivity index (χ3n) is 9.45. The van der Waals surface area contributed by atoms with Crippen LogP contribution >= 0.6 is 15.9 Å². The summed E-state index contributed by atoms with van der Waals surface area (Å²) in [4.78, 5) is 26.3. The van der Waals surface area contributed by atoms with Crippen molar-refractivity contribution in [2.45, 2.75) is 77.4 Å². The van der Waals surface area contributed by atoms with Gasteiger partial charge < -0.3 is 10.2 Å². The summed E-state index contributed by atoms with van der Waals surface area (Å²) in [5, 5.41) is 21.8. The van der Waals surface area contributed by atoms with Crippen LogP contribution in [-0.2, 0) is 9.59 Å². The monoisotopic (exact) mass is 440 g/mol. The number of hydrogen-bond acceptors (Lipinski definition) is 4. The number of fused-ring (bicyclic) bond motifs is 5. The molecule has 2 N–H and O–H groups in total. The van der Waals surface area contributed by atoms with E-state index in [-0.39, 0.29) is 52.1 Å². The SMILES string of the molecule is C[C@H]1C[C@H]2[C@@H]3CCC4C[C@H](O)CC[C@]4(C)[C@H]3C(=O)C[C@]2(C)[C@@]1(O)C(=O)CBr. The van der Waals surface area contributed by atoms with Crippen LogP contribution in [0.4, 0.5) is 0 Å². The molecular weight excluding hydrogens is 408 g/mol. The predicted octanol–water partition coefficient (Wildman–Crippen LogP) is 3.51. The smallest absolute Gasteiger partial charge is 0.175 e. The molecule has 0 spiro atoms. The minimum atomic E-state index is -1.41. The molecule has 4 aliphatic rings. The lowest BCUT2D eigenvalue weighted by Crippen LogP contribution is -2.62. The second-order valence-corrected chi connectivity index (χ2v) is 11.0. The van der Waals surface area contributed by atoms with Crippen molar-refractivity contribution in [1.82, 2.24) is 0 Å². The topological polar surface area (TPSA) is 74.6 Å². The van der Waals surface area contributed by atoms with E-state index in [9.17, 15) is 19.8 Å². The highest BCUT2D eigenvalue weighted by Crippen LogP contribution is 2.68. The zero-order valence-electron chi connectivity index (χ0n) is 16.7. The van der Waals surface area contributed by atoms with Crippen molar-refractivity contribution in [2.24, 2.45) is 40.4 Å². The van der Waals surface area contributed by atoms with Crippen molar-refractivity contribution in [3.8, 4) is 0 Å². The van der Waals surface area contributed by atoms with Gasteiger partial charge >= 0.3 is 0 Å². The molecule has 27 heavy (non-hydrogen) atoms. The van der Waals surface area contributed by atoms with E-state index in [1.807, 2.05) is 13.8 Å². The Balaban J connectivity index is 1.73. The Labute approximate surface area is 170 Å². The van der Waals surface area contributed by atoms with Crippen molar-refractivity contribution in [1.29, 1.82) is 0 Å². The molecule has 0 saturated heterocycles. The Morgan fingerprint density at radius 2 is 1.93 bits per heavy atom. The van der Waals surface area contributed by atoms with Crippen LogP contribution in [0.3, 0.4) is 0 Å². The van der Waals surface area contributed by atoms with Gasteiger partial charge in [-0.15, -0.1) is 0 Å². The third kappa shape index (κ3) is 2.46. The second kappa shape index (κ2) is 6.37. The molecule has 4 rings (SSSR count). The molecule has 9 atom stereocenters. The van der Waals surface area contributed by atoms with Gasteiger partial charge in [0.15, 0.2) is 5.78 Å². The van der Waals surface area contributed by atoms with Crippen LogP contribution in [0, 0.1) is 40.4 Å². The van der Waals surface area contributed by atoms with Crippen molar-refractivity contribution in [3.63, 3.8) is 0 Å². The van der Waals surface area contributed by atoms with Crippen LogP contribution in [0.25, 0.3) is 0 Å². The van der Waals surface area contributed by atoms with Gasteiger partial charge in [-0.25, -0.2) is 0 Å². The first-order valence-corrected chi connectivity index (χ1v) is 11.7. The number of alkyl halides is 1. The zero-order valence-corrected chi connectivity index (χ0v) is 18.3. The van der Waals surface area contributed by atoms with Crippen LogP contribution in [0.1, 0.15) is 65.7 Å². The van der Waals surface area contributed by atoms with E-state index in [1.165, 1.54) is 0 Å². The first-order valence-electron chi connectivity index (χ1n) is 10.6. The molecule has 4 aliphatic carbocycles. The Hall–Kier alpha value is -0.260. The van der Waals surface area contributed by atoms with Crippen molar-refractivity contribution in [2.75, 3.05) is 5.33 Å². The van der Waals surface area contributed by atoms with Gasteiger partial charge in [-0.3, -0.25) is 9.59 Å². The summed E-state index contributed by atoms with van der Waals surface area (Å²) < 4.78 is 0. The molecule has 5 heteroatoms. The summed E-state index contributed by atoms with van der Waals surface area (Å²) in [5.74, 6) is 0.861. The molecule has 152 valence electrons. The number of ketones is 2. The van der Waals surface area contributed by atoms with Gasteiger partial charge in [-0.05, 0) is 67.6 Å². The summed E-state index contributed by atoms with van der Waals surface area (Å²) in [6, 6.07) is 0. The molecular formula is C22H33BrO4. The van der Waals surface area contributed by atoms with Gasteiger partial charge in [0.05, 0.1) is 11.4 Å². The number of Topliss-reactive ketones (excluding diaryl/α,β-unsaturated/α-hetero) is 2. The van der Waals surface area contributed by atoms with E-state index in [0.717, 1.165) is 38.5 Å². The van der Waals surface area contributed by atoms with Gasteiger partial charge in [0, 0.05) is 17.8 Å². The van der Waals surface area contributed by atoms with E-state index in [1.54, 1.807) is 0 Å². The maximum absolute atomic E-state index is 13.5. The molecule has 0 aromatic rings. The normalized spacial score (nSPS) is 54.8. The van der Waals surface area contributed by atoms with Crippen LogP contribution in [0.2, 0.25) is 0 Å². The molecule has 0 heterocycles. The molecule has 1 unspecified atom stereocenters. The molecule has 0 aromatic carbocycles. The van der Waals surface area contributed by atoms with Crippen LogP contribution in [-0.4, -0.2) is 38.8 Å². The fourth-order valence-electron chi connectivity index (χ4n) is 8.08. The number of aliphatic hydroxyl groups excluding tert-OH is 1. The fraction of sp³-hybridized carbons (Fsp3) is 0.909. The van der Waals surface area contributed by atoms with Gasteiger partial charge in [-0.2, -0.15) is 0 Å².